The number of nitrogens with two attached hydrogens (primary N) is 1. The lowest BCUT2D eigenvalue weighted by molar-refractivity contribution is 0.318. The molecule has 3 N–H and O–H groups in total. The summed E-state index contributed by atoms with van der Waals surface area (Å²) in [5, 5.41) is 24.5. The first kappa shape index (κ1) is 14.3. The number of nitrogens with zero attached hydrogens (tertiary/aromatic N) is 4. The molecule has 0 fully saturated rings. The summed E-state index contributed by atoms with van der Waals surface area (Å²) in [5.74, 6) is 0.655. The van der Waals surface area contributed by atoms with Gasteiger partial charge in [-0.3, -0.25) is 0 Å². The van der Waals surface area contributed by atoms with Gasteiger partial charge in [0.25, 0.3) is 0 Å². The molecule has 2 aromatic rings. The minimum absolute atomic E-state index is 0.0488. The van der Waals surface area contributed by atoms with Crippen molar-refractivity contribution < 1.29 is 5.21 Å². The van der Waals surface area contributed by atoms with Gasteiger partial charge >= 0.3 is 0 Å². The predicted octanol–water partition coefficient (Wildman–Crippen LogP) is 1.89. The van der Waals surface area contributed by atoms with Gasteiger partial charge in [-0.05, 0) is 41.8 Å². The van der Waals surface area contributed by atoms with Crippen molar-refractivity contribution in [3.8, 4) is 0 Å². The number of aromatic nitrogens is 2. The zero-order chi connectivity index (χ0) is 14.7. The Kier molecular flexibility index (Phi) is 4.19. The maximum absolute atomic E-state index is 8.96. The van der Waals surface area contributed by atoms with Gasteiger partial charge < -0.3 is 15.8 Å². The molecule has 0 atom stereocenters. The Labute approximate surface area is 121 Å². The molecule has 0 saturated carbocycles. The lowest BCUT2D eigenvalue weighted by Gasteiger charge is -2.21. The number of hydrogen-bond donors (Lipinski definition) is 2. The molecule has 7 heteroatoms. The highest BCUT2D eigenvalue weighted by atomic mass is 32.1. The summed E-state index contributed by atoms with van der Waals surface area (Å²) < 4.78 is 0. The highest BCUT2D eigenvalue weighted by Crippen LogP contribution is 2.23. The Balaban J connectivity index is 2.43. The minimum Gasteiger partial charge on any atom is -0.409 e. The van der Waals surface area contributed by atoms with Crippen molar-refractivity contribution in [1.82, 2.24) is 10.2 Å². The van der Waals surface area contributed by atoms with E-state index in [0.717, 1.165) is 11.3 Å². The van der Waals surface area contributed by atoms with Gasteiger partial charge in [0.1, 0.15) is 0 Å². The number of aryl methyl sites for hydroxylation is 1. The van der Waals surface area contributed by atoms with Crippen LogP contribution in [0, 0.1) is 13.8 Å². The first-order valence-electron chi connectivity index (χ1n) is 6.08. The molecule has 0 aliphatic carbocycles. The number of thiophene rings is 1. The topological polar surface area (TPSA) is 87.6 Å². The van der Waals surface area contributed by atoms with E-state index in [2.05, 4.69) is 26.8 Å². The fourth-order valence-electron chi connectivity index (χ4n) is 1.95. The van der Waals surface area contributed by atoms with Crippen LogP contribution in [0.3, 0.4) is 0 Å². The van der Waals surface area contributed by atoms with Crippen molar-refractivity contribution in [2.75, 3.05) is 11.9 Å². The van der Waals surface area contributed by atoms with Crippen molar-refractivity contribution in [3.05, 3.63) is 39.2 Å². The standard InChI is InChI=1S/C13H17N5OS/c1-8-9(2)15-16-13(11(8)12(14)17-19)18(3)6-10-4-5-20-7-10/h4-5,7,19H,6H2,1-3H3,(H2,14,17). The molecular formula is C13H17N5OS. The summed E-state index contributed by atoms with van der Waals surface area (Å²) in [6.07, 6.45) is 0. The second kappa shape index (κ2) is 5.87. The van der Waals surface area contributed by atoms with Crippen molar-refractivity contribution >= 4 is 23.0 Å². The van der Waals surface area contributed by atoms with Gasteiger partial charge in [0, 0.05) is 13.6 Å². The third-order valence-corrected chi connectivity index (χ3v) is 3.89. The Hall–Kier alpha value is -2.15. The van der Waals surface area contributed by atoms with Gasteiger partial charge in [-0.1, -0.05) is 5.16 Å². The average Bonchev–Trinajstić information content (AvgIpc) is 2.93. The molecule has 0 spiro atoms. The maximum Gasteiger partial charge on any atom is 0.174 e. The molecule has 6 nitrogen and oxygen atoms in total. The summed E-state index contributed by atoms with van der Waals surface area (Å²) >= 11 is 1.65. The normalized spacial score (nSPS) is 11.7. The molecule has 0 radical (unpaired) electrons. The van der Waals surface area contributed by atoms with E-state index < -0.39 is 0 Å². The van der Waals surface area contributed by atoms with E-state index in [1.165, 1.54) is 5.56 Å². The molecule has 106 valence electrons. The summed E-state index contributed by atoms with van der Waals surface area (Å²) in [5.41, 5.74) is 9.22. The Morgan fingerprint density at radius 3 is 2.80 bits per heavy atom. The lowest BCUT2D eigenvalue weighted by atomic mass is 10.1. The molecule has 0 bridgehead atoms. The second-order valence-corrected chi connectivity index (χ2v) is 5.36. The second-order valence-electron chi connectivity index (χ2n) is 4.58. The third-order valence-electron chi connectivity index (χ3n) is 3.16. The highest BCUT2D eigenvalue weighted by Gasteiger charge is 2.18. The minimum atomic E-state index is 0.0488. The smallest absolute Gasteiger partial charge is 0.174 e. The number of oxime groups is 1. The molecule has 2 rings (SSSR count). The van der Waals surface area contributed by atoms with Crippen LogP contribution < -0.4 is 10.6 Å². The molecule has 0 unspecified atom stereocenters. The van der Waals surface area contributed by atoms with E-state index in [-0.39, 0.29) is 5.84 Å². The fraction of sp³-hybridized carbons (Fsp3) is 0.308. The first-order chi connectivity index (χ1) is 9.54. The molecule has 0 aromatic carbocycles. The Bertz CT molecular complexity index is 624. The molecule has 20 heavy (non-hydrogen) atoms. The molecule has 2 heterocycles. The van der Waals surface area contributed by atoms with Crippen LogP contribution in [0.2, 0.25) is 0 Å². The number of hydrogen-bond acceptors (Lipinski definition) is 6. The zero-order valence-electron chi connectivity index (χ0n) is 11.7. The van der Waals surface area contributed by atoms with Gasteiger partial charge in [-0.2, -0.15) is 16.4 Å². The number of amidine groups is 1. The Morgan fingerprint density at radius 2 is 2.20 bits per heavy atom. The van der Waals surface area contributed by atoms with Crippen LogP contribution >= 0.6 is 11.3 Å². The van der Waals surface area contributed by atoms with Crippen molar-refractivity contribution in [2.45, 2.75) is 20.4 Å². The highest BCUT2D eigenvalue weighted by molar-refractivity contribution is 7.07. The van der Waals surface area contributed by atoms with Gasteiger partial charge in [-0.15, -0.1) is 5.10 Å². The van der Waals surface area contributed by atoms with Crippen LogP contribution in [0.15, 0.2) is 22.0 Å². The number of anilines is 1. The van der Waals surface area contributed by atoms with E-state index in [0.29, 0.717) is 17.9 Å². The maximum atomic E-state index is 8.96. The largest absolute Gasteiger partial charge is 0.409 e. The van der Waals surface area contributed by atoms with Crippen LogP contribution in [-0.2, 0) is 6.54 Å². The third kappa shape index (κ3) is 2.72. The summed E-state index contributed by atoms with van der Waals surface area (Å²) in [7, 11) is 1.91. The first-order valence-corrected chi connectivity index (χ1v) is 7.02. The zero-order valence-corrected chi connectivity index (χ0v) is 12.5. The van der Waals surface area contributed by atoms with Crippen molar-refractivity contribution in [2.24, 2.45) is 10.9 Å². The average molecular weight is 291 g/mol. The lowest BCUT2D eigenvalue weighted by Crippen LogP contribution is -2.25. The Morgan fingerprint density at radius 1 is 1.45 bits per heavy atom. The van der Waals surface area contributed by atoms with Crippen molar-refractivity contribution in [3.63, 3.8) is 0 Å². The molecule has 0 aliphatic rings. The van der Waals surface area contributed by atoms with Crippen LogP contribution in [0.4, 0.5) is 5.82 Å². The quantitative estimate of drug-likeness (QED) is 0.389. The van der Waals surface area contributed by atoms with E-state index >= 15 is 0 Å². The monoisotopic (exact) mass is 291 g/mol. The van der Waals surface area contributed by atoms with Crippen LogP contribution in [0.5, 0.6) is 0 Å². The SMILES string of the molecule is Cc1nnc(N(C)Cc2ccsc2)c(/C(N)=N/O)c1C. The van der Waals surface area contributed by atoms with Crippen LogP contribution in [0.1, 0.15) is 22.4 Å². The molecule has 0 saturated heterocycles. The molecule has 0 aliphatic heterocycles. The predicted molar refractivity (Wildman–Crippen MR) is 80.4 cm³/mol. The van der Waals surface area contributed by atoms with E-state index in [1.54, 1.807) is 11.3 Å². The molecule has 2 aromatic heterocycles. The van der Waals surface area contributed by atoms with Crippen LogP contribution in [0.25, 0.3) is 0 Å². The summed E-state index contributed by atoms with van der Waals surface area (Å²) in [4.78, 5) is 1.94. The van der Waals surface area contributed by atoms with E-state index in [1.807, 2.05) is 31.2 Å². The van der Waals surface area contributed by atoms with Gasteiger partial charge in [0.15, 0.2) is 11.7 Å². The van der Waals surface area contributed by atoms with E-state index in [4.69, 9.17) is 10.9 Å². The number of rotatable bonds is 4. The summed E-state index contributed by atoms with van der Waals surface area (Å²) in [6, 6.07) is 2.05. The van der Waals surface area contributed by atoms with Gasteiger partial charge in [0.05, 0.1) is 11.3 Å². The molecule has 0 amide bonds. The van der Waals surface area contributed by atoms with Crippen molar-refractivity contribution in [1.29, 1.82) is 0 Å². The van der Waals surface area contributed by atoms with Gasteiger partial charge in [0.2, 0.25) is 0 Å². The molecular weight excluding hydrogens is 274 g/mol. The van der Waals surface area contributed by atoms with Crippen LogP contribution in [-0.4, -0.2) is 28.3 Å². The van der Waals surface area contributed by atoms with E-state index in [9.17, 15) is 0 Å². The summed E-state index contributed by atoms with van der Waals surface area (Å²) in [6.45, 7) is 4.42. The van der Waals surface area contributed by atoms with Gasteiger partial charge in [-0.25, -0.2) is 0 Å². The fourth-order valence-corrected chi connectivity index (χ4v) is 2.61.